The highest BCUT2D eigenvalue weighted by molar-refractivity contribution is 6.30. The van der Waals surface area contributed by atoms with E-state index in [1.807, 2.05) is 29.2 Å². The van der Waals surface area contributed by atoms with Crippen LogP contribution in [0.1, 0.15) is 0 Å². The predicted octanol–water partition coefficient (Wildman–Crippen LogP) is 3.01. The average molecular weight is 375 g/mol. The molecule has 0 saturated carbocycles. The smallest absolute Gasteiger partial charge is 0.292 e. The zero-order valence-corrected chi connectivity index (χ0v) is 14.9. The van der Waals surface area contributed by atoms with Gasteiger partial charge in [-0.2, -0.15) is 0 Å². The molecule has 7 nitrogen and oxygen atoms in total. The van der Waals surface area contributed by atoms with Crippen LogP contribution in [0.4, 0.5) is 17.1 Å². The Morgan fingerprint density at radius 3 is 2.54 bits per heavy atom. The number of carbonyl (C=O) groups is 1. The van der Waals surface area contributed by atoms with Gasteiger partial charge in [0.25, 0.3) is 5.69 Å². The first-order chi connectivity index (χ1) is 12.5. The van der Waals surface area contributed by atoms with Crippen LogP contribution < -0.4 is 10.2 Å². The molecular weight excluding hydrogens is 356 g/mol. The number of carbonyl (C=O) groups excluding carboxylic acids is 1. The molecule has 0 bridgehead atoms. The Morgan fingerprint density at radius 1 is 1.12 bits per heavy atom. The minimum Gasteiger partial charge on any atom is -0.369 e. The Kier molecular flexibility index (Phi) is 5.70. The van der Waals surface area contributed by atoms with Gasteiger partial charge in [0, 0.05) is 43.0 Å². The fraction of sp³-hybridized carbons (Fsp3) is 0.278. The Hall–Kier alpha value is -2.64. The number of piperazine rings is 1. The second-order valence-corrected chi connectivity index (χ2v) is 6.50. The Labute approximate surface area is 156 Å². The summed E-state index contributed by atoms with van der Waals surface area (Å²) in [5.74, 6) is -0.254. The summed E-state index contributed by atoms with van der Waals surface area (Å²) in [6, 6.07) is 13.8. The second kappa shape index (κ2) is 8.16. The third-order valence-electron chi connectivity index (χ3n) is 4.29. The van der Waals surface area contributed by atoms with Crippen LogP contribution in [0, 0.1) is 10.1 Å². The minimum absolute atomic E-state index is 0.105. The SMILES string of the molecule is O=C(CN1CCN(c2cccc(Cl)c2)CC1)Nc1ccccc1[N+](=O)[O-]. The topological polar surface area (TPSA) is 78.7 Å². The van der Waals surface area contributed by atoms with Crippen LogP contribution in [0.25, 0.3) is 0 Å². The Bertz CT molecular complexity index is 807. The molecule has 1 aliphatic rings. The van der Waals surface area contributed by atoms with Gasteiger partial charge in [0.05, 0.1) is 11.5 Å². The molecule has 3 rings (SSSR count). The number of nitro benzene ring substituents is 1. The molecule has 0 radical (unpaired) electrons. The van der Waals surface area contributed by atoms with E-state index in [1.54, 1.807) is 12.1 Å². The summed E-state index contributed by atoms with van der Waals surface area (Å²) in [6.45, 7) is 3.25. The van der Waals surface area contributed by atoms with Crippen LogP contribution in [0.15, 0.2) is 48.5 Å². The van der Waals surface area contributed by atoms with Crippen molar-refractivity contribution in [1.82, 2.24) is 4.90 Å². The van der Waals surface area contributed by atoms with Crippen molar-refractivity contribution in [3.05, 3.63) is 63.7 Å². The number of hydrogen-bond donors (Lipinski definition) is 1. The third kappa shape index (κ3) is 4.50. The van der Waals surface area contributed by atoms with Crippen molar-refractivity contribution in [2.45, 2.75) is 0 Å². The molecule has 0 spiro atoms. The molecule has 1 saturated heterocycles. The molecule has 136 valence electrons. The minimum atomic E-state index is -0.501. The number of benzene rings is 2. The van der Waals surface area contributed by atoms with Crippen molar-refractivity contribution in [2.75, 3.05) is 42.9 Å². The largest absolute Gasteiger partial charge is 0.369 e. The monoisotopic (exact) mass is 374 g/mol. The second-order valence-electron chi connectivity index (χ2n) is 6.07. The number of nitro groups is 1. The molecule has 1 heterocycles. The van der Waals surface area contributed by atoms with Gasteiger partial charge in [0.2, 0.25) is 5.91 Å². The zero-order chi connectivity index (χ0) is 18.5. The van der Waals surface area contributed by atoms with E-state index in [0.29, 0.717) is 5.02 Å². The van der Waals surface area contributed by atoms with Gasteiger partial charge in [-0.1, -0.05) is 29.8 Å². The number of halogens is 1. The lowest BCUT2D eigenvalue weighted by atomic mass is 10.2. The molecule has 0 atom stereocenters. The fourth-order valence-corrected chi connectivity index (χ4v) is 3.15. The van der Waals surface area contributed by atoms with E-state index in [2.05, 4.69) is 10.2 Å². The van der Waals surface area contributed by atoms with Crippen LogP contribution in [0.3, 0.4) is 0 Å². The molecule has 0 aromatic heterocycles. The van der Waals surface area contributed by atoms with Gasteiger partial charge < -0.3 is 10.2 Å². The summed E-state index contributed by atoms with van der Waals surface area (Å²) < 4.78 is 0. The van der Waals surface area contributed by atoms with Gasteiger partial charge >= 0.3 is 0 Å². The average Bonchev–Trinajstić information content (AvgIpc) is 2.62. The van der Waals surface area contributed by atoms with Gasteiger partial charge in [-0.05, 0) is 24.3 Å². The summed E-state index contributed by atoms with van der Waals surface area (Å²) >= 11 is 6.04. The first kappa shape index (κ1) is 18.2. The summed E-state index contributed by atoms with van der Waals surface area (Å²) in [5.41, 5.74) is 1.19. The molecular formula is C18H19ClN4O3. The van der Waals surface area contributed by atoms with Crippen molar-refractivity contribution >= 4 is 34.6 Å². The standard InChI is InChI=1S/C18H19ClN4O3/c19-14-4-3-5-15(12-14)22-10-8-21(9-11-22)13-18(24)20-16-6-1-2-7-17(16)23(25)26/h1-7,12H,8-11,13H2,(H,20,24). The fourth-order valence-electron chi connectivity index (χ4n) is 2.97. The van der Waals surface area contributed by atoms with Gasteiger partial charge in [-0.25, -0.2) is 0 Å². The molecule has 1 aliphatic heterocycles. The van der Waals surface area contributed by atoms with Gasteiger partial charge in [0.15, 0.2) is 0 Å². The van der Waals surface area contributed by atoms with E-state index >= 15 is 0 Å². The highest BCUT2D eigenvalue weighted by Gasteiger charge is 2.21. The lowest BCUT2D eigenvalue weighted by Gasteiger charge is -2.35. The maximum atomic E-state index is 12.2. The van der Waals surface area contributed by atoms with E-state index in [9.17, 15) is 14.9 Å². The van der Waals surface area contributed by atoms with E-state index in [0.717, 1.165) is 31.9 Å². The number of para-hydroxylation sites is 2. The zero-order valence-electron chi connectivity index (χ0n) is 14.1. The maximum absolute atomic E-state index is 12.2. The highest BCUT2D eigenvalue weighted by atomic mass is 35.5. The van der Waals surface area contributed by atoms with Crippen LogP contribution >= 0.6 is 11.6 Å². The molecule has 1 N–H and O–H groups in total. The van der Waals surface area contributed by atoms with Crippen molar-refractivity contribution in [2.24, 2.45) is 0 Å². The molecule has 26 heavy (non-hydrogen) atoms. The van der Waals surface area contributed by atoms with Gasteiger partial charge in [-0.3, -0.25) is 19.8 Å². The van der Waals surface area contributed by atoms with E-state index in [1.165, 1.54) is 12.1 Å². The normalized spacial score (nSPS) is 14.9. The van der Waals surface area contributed by atoms with Crippen LogP contribution in [-0.4, -0.2) is 48.5 Å². The summed E-state index contributed by atoms with van der Waals surface area (Å²) in [7, 11) is 0. The number of hydrogen-bond acceptors (Lipinski definition) is 5. The van der Waals surface area contributed by atoms with Gasteiger partial charge in [-0.15, -0.1) is 0 Å². The first-order valence-corrected chi connectivity index (χ1v) is 8.67. The number of nitrogens with one attached hydrogen (secondary N) is 1. The van der Waals surface area contributed by atoms with E-state index in [4.69, 9.17) is 11.6 Å². The molecule has 2 aromatic carbocycles. The van der Waals surface area contributed by atoms with Crippen molar-refractivity contribution < 1.29 is 9.72 Å². The third-order valence-corrected chi connectivity index (χ3v) is 4.52. The molecule has 0 aliphatic carbocycles. The summed E-state index contributed by atoms with van der Waals surface area (Å²) in [4.78, 5) is 27.0. The van der Waals surface area contributed by atoms with Crippen LogP contribution in [0.5, 0.6) is 0 Å². The summed E-state index contributed by atoms with van der Waals surface area (Å²) in [5, 5.41) is 14.4. The Balaban J connectivity index is 1.53. The molecule has 1 fully saturated rings. The molecule has 0 unspecified atom stereocenters. The lowest BCUT2D eigenvalue weighted by molar-refractivity contribution is -0.383. The maximum Gasteiger partial charge on any atom is 0.292 e. The molecule has 2 aromatic rings. The van der Waals surface area contributed by atoms with Gasteiger partial charge in [0.1, 0.15) is 5.69 Å². The number of amides is 1. The number of nitrogens with zero attached hydrogens (tertiary/aromatic N) is 3. The Morgan fingerprint density at radius 2 is 1.85 bits per heavy atom. The molecule has 8 heteroatoms. The lowest BCUT2D eigenvalue weighted by Crippen LogP contribution is -2.48. The van der Waals surface area contributed by atoms with Crippen molar-refractivity contribution in [1.29, 1.82) is 0 Å². The van der Waals surface area contributed by atoms with Crippen LogP contribution in [0.2, 0.25) is 5.02 Å². The summed E-state index contributed by atoms with van der Waals surface area (Å²) in [6.07, 6.45) is 0. The highest BCUT2D eigenvalue weighted by Crippen LogP contribution is 2.23. The van der Waals surface area contributed by atoms with Crippen LogP contribution in [-0.2, 0) is 4.79 Å². The quantitative estimate of drug-likeness (QED) is 0.643. The predicted molar refractivity (Wildman–Crippen MR) is 102 cm³/mol. The molecule has 1 amide bonds. The van der Waals surface area contributed by atoms with E-state index < -0.39 is 4.92 Å². The van der Waals surface area contributed by atoms with Crippen molar-refractivity contribution in [3.8, 4) is 0 Å². The number of anilines is 2. The number of rotatable bonds is 5. The van der Waals surface area contributed by atoms with E-state index in [-0.39, 0.29) is 23.8 Å². The van der Waals surface area contributed by atoms with Crippen molar-refractivity contribution in [3.63, 3.8) is 0 Å². The first-order valence-electron chi connectivity index (χ1n) is 8.29.